The van der Waals surface area contributed by atoms with E-state index in [9.17, 15) is 0 Å². The highest BCUT2D eigenvalue weighted by Crippen LogP contribution is 2.31. The number of hydrogen-bond donors (Lipinski definition) is 2. The quantitative estimate of drug-likeness (QED) is 0.760. The molecule has 0 aliphatic heterocycles. The fourth-order valence-corrected chi connectivity index (χ4v) is 1.79. The van der Waals surface area contributed by atoms with E-state index >= 15 is 0 Å². The number of benzene rings is 1. The Morgan fingerprint density at radius 3 is 2.86 bits per heavy atom. The highest BCUT2D eigenvalue weighted by Gasteiger charge is 2.09. The molecule has 0 saturated heterocycles. The van der Waals surface area contributed by atoms with Gasteiger partial charge >= 0.3 is 0 Å². The van der Waals surface area contributed by atoms with Gasteiger partial charge in [0.15, 0.2) is 0 Å². The standard InChI is InChI=1S/C11H14N2O/c1-7-3-4-9-10(11(7)14-2)8(5-12)6-13-9/h3-4,6,13H,5,12H2,1-2H3. The van der Waals surface area contributed by atoms with Crippen LogP contribution in [0, 0.1) is 6.92 Å². The molecule has 2 aromatic rings. The third kappa shape index (κ3) is 1.17. The van der Waals surface area contributed by atoms with Gasteiger partial charge in [0.25, 0.3) is 0 Å². The van der Waals surface area contributed by atoms with Gasteiger partial charge in [0, 0.05) is 23.6 Å². The number of aromatic amines is 1. The van der Waals surface area contributed by atoms with Crippen LogP contribution in [-0.4, -0.2) is 12.1 Å². The molecule has 3 heteroatoms. The maximum Gasteiger partial charge on any atom is 0.131 e. The smallest absolute Gasteiger partial charge is 0.131 e. The zero-order valence-electron chi connectivity index (χ0n) is 8.42. The normalized spacial score (nSPS) is 10.8. The predicted molar refractivity (Wildman–Crippen MR) is 57.5 cm³/mol. The summed E-state index contributed by atoms with van der Waals surface area (Å²) in [6.45, 7) is 2.56. The van der Waals surface area contributed by atoms with Crippen molar-refractivity contribution < 1.29 is 4.74 Å². The summed E-state index contributed by atoms with van der Waals surface area (Å²) in [4.78, 5) is 3.18. The molecular weight excluding hydrogens is 176 g/mol. The number of ether oxygens (including phenoxy) is 1. The van der Waals surface area contributed by atoms with E-state index in [0.29, 0.717) is 6.54 Å². The van der Waals surface area contributed by atoms with Crippen molar-refractivity contribution in [2.45, 2.75) is 13.5 Å². The molecule has 0 aliphatic rings. The van der Waals surface area contributed by atoms with E-state index in [1.165, 1.54) is 0 Å². The van der Waals surface area contributed by atoms with Gasteiger partial charge < -0.3 is 15.5 Å². The van der Waals surface area contributed by atoms with Crippen molar-refractivity contribution in [1.82, 2.24) is 4.98 Å². The third-order valence-corrected chi connectivity index (χ3v) is 2.50. The fourth-order valence-electron chi connectivity index (χ4n) is 1.79. The van der Waals surface area contributed by atoms with E-state index in [1.54, 1.807) is 7.11 Å². The topological polar surface area (TPSA) is 51.0 Å². The first-order chi connectivity index (χ1) is 6.77. The summed E-state index contributed by atoms with van der Waals surface area (Å²) in [6.07, 6.45) is 1.94. The zero-order chi connectivity index (χ0) is 10.1. The highest BCUT2D eigenvalue weighted by atomic mass is 16.5. The van der Waals surface area contributed by atoms with Gasteiger partial charge in [-0.15, -0.1) is 0 Å². The molecule has 0 bridgehead atoms. The van der Waals surface area contributed by atoms with Crippen LogP contribution in [0.5, 0.6) is 5.75 Å². The maximum atomic E-state index is 5.66. The molecule has 0 aliphatic carbocycles. The maximum absolute atomic E-state index is 5.66. The minimum absolute atomic E-state index is 0.528. The first-order valence-electron chi connectivity index (χ1n) is 4.61. The number of aryl methyl sites for hydroxylation is 1. The summed E-state index contributed by atoms with van der Waals surface area (Å²) in [5.74, 6) is 0.921. The summed E-state index contributed by atoms with van der Waals surface area (Å²) in [5.41, 5.74) is 8.97. The molecule has 0 atom stereocenters. The van der Waals surface area contributed by atoms with Crippen molar-refractivity contribution in [3.63, 3.8) is 0 Å². The number of methoxy groups -OCH3 is 1. The summed E-state index contributed by atoms with van der Waals surface area (Å²) in [7, 11) is 1.69. The van der Waals surface area contributed by atoms with Gasteiger partial charge in [-0.2, -0.15) is 0 Å². The largest absolute Gasteiger partial charge is 0.496 e. The van der Waals surface area contributed by atoms with Crippen LogP contribution in [-0.2, 0) is 6.54 Å². The predicted octanol–water partition coefficient (Wildman–Crippen LogP) is 1.94. The van der Waals surface area contributed by atoms with Crippen molar-refractivity contribution in [2.24, 2.45) is 5.73 Å². The van der Waals surface area contributed by atoms with Crippen molar-refractivity contribution in [3.8, 4) is 5.75 Å². The molecule has 3 N–H and O–H groups in total. The number of nitrogens with one attached hydrogen (secondary N) is 1. The Kier molecular flexibility index (Phi) is 2.17. The second kappa shape index (κ2) is 3.35. The van der Waals surface area contributed by atoms with Crippen LogP contribution in [0.15, 0.2) is 18.3 Å². The van der Waals surface area contributed by atoms with Crippen LogP contribution >= 0.6 is 0 Å². The SMILES string of the molecule is COc1c(C)ccc2[nH]cc(CN)c12. The van der Waals surface area contributed by atoms with E-state index < -0.39 is 0 Å². The van der Waals surface area contributed by atoms with E-state index in [1.807, 2.05) is 25.3 Å². The van der Waals surface area contributed by atoms with E-state index in [2.05, 4.69) is 4.98 Å². The van der Waals surface area contributed by atoms with Gasteiger partial charge in [0.05, 0.1) is 7.11 Å². The van der Waals surface area contributed by atoms with Gasteiger partial charge in [-0.25, -0.2) is 0 Å². The summed E-state index contributed by atoms with van der Waals surface area (Å²) in [6, 6.07) is 4.09. The Morgan fingerprint density at radius 1 is 1.43 bits per heavy atom. The lowest BCUT2D eigenvalue weighted by molar-refractivity contribution is 0.416. The molecule has 1 aromatic heterocycles. The molecule has 0 saturated carbocycles. The Morgan fingerprint density at radius 2 is 2.21 bits per heavy atom. The zero-order valence-corrected chi connectivity index (χ0v) is 8.42. The second-order valence-corrected chi connectivity index (χ2v) is 3.36. The molecule has 1 heterocycles. The van der Waals surface area contributed by atoms with Gasteiger partial charge in [-0.3, -0.25) is 0 Å². The fraction of sp³-hybridized carbons (Fsp3) is 0.273. The Balaban J connectivity index is 2.81. The number of rotatable bonds is 2. The minimum Gasteiger partial charge on any atom is -0.496 e. The van der Waals surface area contributed by atoms with Crippen molar-refractivity contribution >= 4 is 10.9 Å². The Labute approximate surface area is 82.9 Å². The molecule has 0 spiro atoms. The van der Waals surface area contributed by atoms with Crippen molar-refractivity contribution in [2.75, 3.05) is 7.11 Å². The average molecular weight is 190 g/mol. The molecule has 2 rings (SSSR count). The molecule has 1 aromatic carbocycles. The van der Waals surface area contributed by atoms with E-state index in [4.69, 9.17) is 10.5 Å². The lowest BCUT2D eigenvalue weighted by atomic mass is 10.1. The highest BCUT2D eigenvalue weighted by molar-refractivity contribution is 5.90. The van der Waals surface area contributed by atoms with E-state index in [0.717, 1.165) is 27.8 Å². The lowest BCUT2D eigenvalue weighted by Crippen LogP contribution is -1.96. The molecule has 0 radical (unpaired) electrons. The van der Waals surface area contributed by atoms with Crippen LogP contribution in [0.25, 0.3) is 10.9 Å². The number of nitrogens with two attached hydrogens (primary N) is 1. The van der Waals surface area contributed by atoms with Crippen molar-refractivity contribution in [1.29, 1.82) is 0 Å². The van der Waals surface area contributed by atoms with Crippen LogP contribution < -0.4 is 10.5 Å². The molecule has 0 unspecified atom stereocenters. The monoisotopic (exact) mass is 190 g/mol. The number of H-pyrrole nitrogens is 1. The second-order valence-electron chi connectivity index (χ2n) is 3.36. The van der Waals surface area contributed by atoms with Crippen LogP contribution in [0.4, 0.5) is 0 Å². The Hall–Kier alpha value is -1.48. The van der Waals surface area contributed by atoms with Gasteiger partial charge in [0.2, 0.25) is 0 Å². The number of fused-ring (bicyclic) bond motifs is 1. The Bertz CT molecular complexity index is 460. The molecule has 3 nitrogen and oxygen atoms in total. The van der Waals surface area contributed by atoms with Gasteiger partial charge in [0.1, 0.15) is 5.75 Å². The molecule has 14 heavy (non-hydrogen) atoms. The molecule has 74 valence electrons. The summed E-state index contributed by atoms with van der Waals surface area (Å²) in [5, 5.41) is 1.11. The van der Waals surface area contributed by atoms with E-state index in [-0.39, 0.29) is 0 Å². The van der Waals surface area contributed by atoms with Gasteiger partial charge in [-0.1, -0.05) is 6.07 Å². The number of hydrogen-bond acceptors (Lipinski definition) is 2. The van der Waals surface area contributed by atoms with Crippen LogP contribution in [0.2, 0.25) is 0 Å². The molecule has 0 fully saturated rings. The average Bonchev–Trinajstić information content (AvgIpc) is 2.61. The van der Waals surface area contributed by atoms with Crippen LogP contribution in [0.3, 0.4) is 0 Å². The summed E-state index contributed by atoms with van der Waals surface area (Å²) < 4.78 is 5.38. The summed E-state index contributed by atoms with van der Waals surface area (Å²) >= 11 is 0. The van der Waals surface area contributed by atoms with Crippen molar-refractivity contribution in [3.05, 3.63) is 29.5 Å². The van der Waals surface area contributed by atoms with Gasteiger partial charge in [-0.05, 0) is 24.1 Å². The molecular formula is C11H14N2O. The first kappa shape index (κ1) is 9.09. The number of aromatic nitrogens is 1. The first-order valence-corrected chi connectivity index (χ1v) is 4.61. The molecule has 0 amide bonds. The lowest BCUT2D eigenvalue weighted by Gasteiger charge is -2.07. The van der Waals surface area contributed by atoms with Crippen LogP contribution in [0.1, 0.15) is 11.1 Å². The minimum atomic E-state index is 0.528. The third-order valence-electron chi connectivity index (χ3n) is 2.50.